The summed E-state index contributed by atoms with van der Waals surface area (Å²) in [5.74, 6) is 0. The third-order valence-corrected chi connectivity index (χ3v) is 6.43. The standard InChI is InChI=1S/C23H27N3O2/c27-23-24-20-8-4-5-9-21(20)26(23)18-10-13-25(14-11-18)19-12-15-28-22(16-19)17-6-2-1-3-7-17/h1-9,18-19,22H,10-16H2,(H,24,27)/t19-,22+/m0/s1. The maximum Gasteiger partial charge on any atom is 0.326 e. The van der Waals surface area contributed by atoms with Crippen LogP contribution in [0, 0.1) is 0 Å². The molecule has 0 radical (unpaired) electrons. The second-order valence-electron chi connectivity index (χ2n) is 8.03. The number of hydrogen-bond donors (Lipinski definition) is 1. The maximum absolute atomic E-state index is 12.5. The Morgan fingerprint density at radius 1 is 0.893 bits per heavy atom. The molecule has 1 aromatic heterocycles. The van der Waals surface area contributed by atoms with Crippen LogP contribution in [0.25, 0.3) is 11.0 Å². The zero-order chi connectivity index (χ0) is 18.9. The number of rotatable bonds is 3. The molecule has 5 nitrogen and oxygen atoms in total. The molecule has 1 N–H and O–H groups in total. The molecule has 0 spiro atoms. The quantitative estimate of drug-likeness (QED) is 0.753. The molecule has 146 valence electrons. The fraction of sp³-hybridized carbons (Fsp3) is 0.435. The normalized spacial score (nSPS) is 24.6. The van der Waals surface area contributed by atoms with E-state index in [0.717, 1.165) is 56.4 Å². The number of benzene rings is 2. The van der Waals surface area contributed by atoms with Crippen molar-refractivity contribution >= 4 is 11.0 Å². The molecule has 3 aromatic rings. The summed E-state index contributed by atoms with van der Waals surface area (Å²) in [5, 5.41) is 0. The molecular formula is C23H27N3O2. The molecule has 0 saturated carbocycles. The minimum atomic E-state index is 0.0230. The molecule has 2 saturated heterocycles. The first kappa shape index (κ1) is 17.7. The van der Waals surface area contributed by atoms with Crippen LogP contribution in [-0.4, -0.2) is 40.2 Å². The number of aromatic amines is 1. The van der Waals surface area contributed by atoms with Crippen molar-refractivity contribution in [3.05, 3.63) is 70.6 Å². The third-order valence-electron chi connectivity index (χ3n) is 6.43. The van der Waals surface area contributed by atoms with Crippen LogP contribution in [0.4, 0.5) is 0 Å². The molecule has 0 amide bonds. The van der Waals surface area contributed by atoms with Gasteiger partial charge in [-0.25, -0.2) is 4.79 Å². The molecular weight excluding hydrogens is 350 g/mol. The number of H-pyrrole nitrogens is 1. The molecule has 5 rings (SSSR count). The Kier molecular flexibility index (Phi) is 4.79. The van der Waals surface area contributed by atoms with Gasteiger partial charge in [-0.2, -0.15) is 0 Å². The highest BCUT2D eigenvalue weighted by Gasteiger charge is 2.31. The van der Waals surface area contributed by atoms with Crippen LogP contribution in [-0.2, 0) is 4.74 Å². The Bertz CT molecular complexity index is 986. The van der Waals surface area contributed by atoms with Gasteiger partial charge in [-0.1, -0.05) is 42.5 Å². The number of ether oxygens (including phenoxy) is 1. The molecule has 2 atom stereocenters. The molecule has 0 bridgehead atoms. The third kappa shape index (κ3) is 3.29. The minimum absolute atomic E-state index is 0.0230. The van der Waals surface area contributed by atoms with Gasteiger partial charge in [0.2, 0.25) is 0 Å². The summed E-state index contributed by atoms with van der Waals surface area (Å²) in [6.07, 6.45) is 4.40. The molecule has 3 heterocycles. The lowest BCUT2D eigenvalue weighted by Crippen LogP contribution is -2.45. The van der Waals surface area contributed by atoms with E-state index in [2.05, 4.69) is 40.2 Å². The Labute approximate surface area is 164 Å². The summed E-state index contributed by atoms with van der Waals surface area (Å²) in [7, 11) is 0. The van der Waals surface area contributed by atoms with E-state index in [4.69, 9.17) is 4.74 Å². The van der Waals surface area contributed by atoms with Crippen LogP contribution >= 0.6 is 0 Å². The molecule has 28 heavy (non-hydrogen) atoms. The molecule has 2 aliphatic heterocycles. The summed E-state index contributed by atoms with van der Waals surface area (Å²) in [4.78, 5) is 18.1. The molecule has 2 aromatic carbocycles. The van der Waals surface area contributed by atoms with Gasteiger partial charge in [0.1, 0.15) is 0 Å². The fourth-order valence-electron chi connectivity index (χ4n) is 4.96. The van der Waals surface area contributed by atoms with Gasteiger partial charge in [0.15, 0.2) is 0 Å². The summed E-state index contributed by atoms with van der Waals surface area (Å²) < 4.78 is 8.03. The predicted octanol–water partition coefficient (Wildman–Crippen LogP) is 3.89. The van der Waals surface area contributed by atoms with Crippen molar-refractivity contribution in [2.24, 2.45) is 0 Å². The Morgan fingerprint density at radius 3 is 2.46 bits per heavy atom. The number of hydrogen-bond acceptors (Lipinski definition) is 3. The second kappa shape index (κ2) is 7.57. The van der Waals surface area contributed by atoms with E-state index in [-0.39, 0.29) is 17.8 Å². The molecule has 2 aliphatic rings. The van der Waals surface area contributed by atoms with E-state index < -0.39 is 0 Å². The van der Waals surface area contributed by atoms with Crippen LogP contribution in [0.15, 0.2) is 59.4 Å². The number of nitrogens with zero attached hydrogens (tertiary/aromatic N) is 2. The van der Waals surface area contributed by atoms with Crippen molar-refractivity contribution in [2.75, 3.05) is 19.7 Å². The number of aromatic nitrogens is 2. The van der Waals surface area contributed by atoms with E-state index in [1.807, 2.05) is 28.8 Å². The topological polar surface area (TPSA) is 50.3 Å². The highest BCUT2D eigenvalue weighted by atomic mass is 16.5. The van der Waals surface area contributed by atoms with Crippen LogP contribution in [0.3, 0.4) is 0 Å². The number of piperidine rings is 1. The number of nitrogens with one attached hydrogen (secondary N) is 1. The minimum Gasteiger partial charge on any atom is -0.373 e. The lowest BCUT2D eigenvalue weighted by molar-refractivity contribution is -0.0346. The van der Waals surface area contributed by atoms with Gasteiger partial charge in [-0.15, -0.1) is 0 Å². The summed E-state index contributed by atoms with van der Waals surface area (Å²) >= 11 is 0. The van der Waals surface area contributed by atoms with Gasteiger partial charge in [-0.3, -0.25) is 4.57 Å². The molecule has 2 fully saturated rings. The van der Waals surface area contributed by atoms with Crippen LogP contribution < -0.4 is 5.69 Å². The monoisotopic (exact) mass is 377 g/mol. The Morgan fingerprint density at radius 2 is 1.64 bits per heavy atom. The predicted molar refractivity (Wildman–Crippen MR) is 111 cm³/mol. The van der Waals surface area contributed by atoms with E-state index >= 15 is 0 Å². The van der Waals surface area contributed by atoms with E-state index in [1.54, 1.807) is 0 Å². The summed E-state index contributed by atoms with van der Waals surface area (Å²) in [6.45, 7) is 2.91. The molecule has 0 aliphatic carbocycles. The average molecular weight is 377 g/mol. The van der Waals surface area contributed by atoms with Crippen molar-refractivity contribution < 1.29 is 4.74 Å². The second-order valence-corrected chi connectivity index (χ2v) is 8.03. The zero-order valence-electron chi connectivity index (χ0n) is 16.1. The maximum atomic E-state index is 12.5. The van der Waals surface area contributed by atoms with Gasteiger partial charge in [0.05, 0.1) is 17.1 Å². The fourth-order valence-corrected chi connectivity index (χ4v) is 4.96. The number of imidazole rings is 1. The van der Waals surface area contributed by atoms with Gasteiger partial charge < -0.3 is 14.6 Å². The Hall–Kier alpha value is -2.37. The lowest BCUT2D eigenvalue weighted by Gasteiger charge is -2.41. The molecule has 5 heteroatoms. The lowest BCUT2D eigenvalue weighted by atomic mass is 9.94. The largest absolute Gasteiger partial charge is 0.373 e. The SMILES string of the molecule is O=c1[nH]c2ccccc2n1C1CCN([C@H]2CCO[C@@H](c3ccccc3)C2)CC1. The van der Waals surface area contributed by atoms with Gasteiger partial charge in [0.25, 0.3) is 0 Å². The first-order valence-electron chi connectivity index (χ1n) is 10.4. The van der Waals surface area contributed by atoms with Gasteiger partial charge in [-0.05, 0) is 43.4 Å². The number of para-hydroxylation sites is 2. The van der Waals surface area contributed by atoms with E-state index in [1.165, 1.54) is 5.56 Å². The number of likely N-dealkylation sites (tertiary alicyclic amines) is 1. The smallest absolute Gasteiger partial charge is 0.326 e. The number of fused-ring (bicyclic) bond motifs is 1. The summed E-state index contributed by atoms with van der Waals surface area (Å²) in [5.41, 5.74) is 3.27. The van der Waals surface area contributed by atoms with Crippen LogP contribution in [0.5, 0.6) is 0 Å². The van der Waals surface area contributed by atoms with E-state index in [9.17, 15) is 4.79 Å². The van der Waals surface area contributed by atoms with Gasteiger partial charge in [0, 0.05) is 31.8 Å². The van der Waals surface area contributed by atoms with Crippen molar-refractivity contribution in [1.29, 1.82) is 0 Å². The van der Waals surface area contributed by atoms with Crippen molar-refractivity contribution in [1.82, 2.24) is 14.5 Å². The van der Waals surface area contributed by atoms with E-state index in [0.29, 0.717) is 6.04 Å². The first-order valence-corrected chi connectivity index (χ1v) is 10.4. The first-order chi connectivity index (χ1) is 13.8. The Balaban J connectivity index is 1.27. The average Bonchev–Trinajstić information content (AvgIpc) is 3.10. The molecule has 0 unspecified atom stereocenters. The van der Waals surface area contributed by atoms with Crippen LogP contribution in [0.2, 0.25) is 0 Å². The van der Waals surface area contributed by atoms with Crippen molar-refractivity contribution in [3.63, 3.8) is 0 Å². The van der Waals surface area contributed by atoms with Gasteiger partial charge >= 0.3 is 5.69 Å². The highest BCUT2D eigenvalue weighted by molar-refractivity contribution is 5.75. The highest BCUT2D eigenvalue weighted by Crippen LogP contribution is 2.33. The van der Waals surface area contributed by atoms with Crippen molar-refractivity contribution in [2.45, 2.75) is 43.9 Å². The van der Waals surface area contributed by atoms with Crippen LogP contribution in [0.1, 0.15) is 43.4 Å². The zero-order valence-corrected chi connectivity index (χ0v) is 16.1. The summed E-state index contributed by atoms with van der Waals surface area (Å²) in [6, 6.07) is 19.4. The van der Waals surface area contributed by atoms with Crippen molar-refractivity contribution in [3.8, 4) is 0 Å².